The minimum atomic E-state index is -0.618. The van der Waals surface area contributed by atoms with E-state index in [-0.39, 0.29) is 12.1 Å². The van der Waals surface area contributed by atoms with Gasteiger partial charge in [-0.15, -0.1) is 0 Å². The van der Waals surface area contributed by atoms with Gasteiger partial charge in [-0.2, -0.15) is 0 Å². The lowest BCUT2D eigenvalue weighted by molar-refractivity contribution is -0.156. The van der Waals surface area contributed by atoms with Crippen LogP contribution in [0.25, 0.3) is 12.2 Å². The molecule has 2 unspecified atom stereocenters. The van der Waals surface area contributed by atoms with Crippen LogP contribution >= 0.6 is 0 Å². The van der Waals surface area contributed by atoms with E-state index in [1.807, 2.05) is 31.2 Å². The highest BCUT2D eigenvalue weighted by molar-refractivity contribution is 5.77. The van der Waals surface area contributed by atoms with Gasteiger partial charge in [0.2, 0.25) is 0 Å². The van der Waals surface area contributed by atoms with Gasteiger partial charge in [0.25, 0.3) is 0 Å². The molecule has 0 saturated heterocycles. The van der Waals surface area contributed by atoms with Crippen LogP contribution in [0.5, 0.6) is 5.75 Å². The standard InChI is InChI=1S/C44H44O5/c1-3-46-42(44(45)47-4-2)31-34-16-22-39(23-17-34)48-25-26-49-43-40-24-18-35(27-32-11-7-5-8-12-32)29-38(40)21-20-37-19-15-36(30-41(37)43)28-33-13-9-6-10-14-33/h5-24,29-30,42-43H,3-4,25-28,31H2,1-2H3. The molecule has 0 bridgehead atoms. The topological polar surface area (TPSA) is 54.0 Å². The summed E-state index contributed by atoms with van der Waals surface area (Å²) >= 11 is 0. The van der Waals surface area contributed by atoms with Crippen molar-refractivity contribution in [3.63, 3.8) is 0 Å². The Labute approximate surface area is 290 Å². The minimum absolute atomic E-state index is 0.245. The van der Waals surface area contributed by atoms with E-state index >= 15 is 0 Å². The van der Waals surface area contributed by atoms with Crippen molar-refractivity contribution >= 4 is 18.1 Å². The highest BCUT2D eigenvalue weighted by Crippen LogP contribution is 2.37. The van der Waals surface area contributed by atoms with Gasteiger partial charge in [0.1, 0.15) is 18.5 Å². The van der Waals surface area contributed by atoms with Gasteiger partial charge in [0, 0.05) is 13.0 Å². The molecule has 5 aromatic carbocycles. The van der Waals surface area contributed by atoms with Crippen molar-refractivity contribution in [3.05, 3.63) is 171 Å². The number of rotatable bonds is 15. The summed E-state index contributed by atoms with van der Waals surface area (Å²) in [6.07, 6.45) is 5.76. The van der Waals surface area contributed by atoms with Crippen LogP contribution in [-0.4, -0.2) is 38.5 Å². The third kappa shape index (κ3) is 9.14. The Morgan fingerprint density at radius 2 is 1.24 bits per heavy atom. The van der Waals surface area contributed by atoms with Gasteiger partial charge >= 0.3 is 5.97 Å². The molecule has 0 aromatic heterocycles. The zero-order chi connectivity index (χ0) is 33.8. The SMILES string of the molecule is CCOC(=O)C(Cc1ccc(OCCOC2c3ccc(Cc4ccccc4)cc3C=Cc3ccc(Cc4ccccc4)cc32)cc1)OCC. The second kappa shape index (κ2) is 16.9. The molecule has 0 aliphatic heterocycles. The first kappa shape index (κ1) is 33.9. The van der Waals surface area contributed by atoms with Gasteiger partial charge in [-0.3, -0.25) is 0 Å². The average Bonchev–Trinajstić information content (AvgIpc) is 3.27. The van der Waals surface area contributed by atoms with E-state index in [0.717, 1.165) is 40.8 Å². The van der Waals surface area contributed by atoms with Crippen molar-refractivity contribution in [2.75, 3.05) is 26.4 Å². The van der Waals surface area contributed by atoms with Gasteiger partial charge in [-0.25, -0.2) is 4.79 Å². The molecule has 0 radical (unpaired) electrons. The van der Waals surface area contributed by atoms with Gasteiger partial charge in [-0.05, 0) is 88.9 Å². The summed E-state index contributed by atoms with van der Waals surface area (Å²) in [5.74, 6) is 0.411. The molecule has 250 valence electrons. The number of hydrogen-bond acceptors (Lipinski definition) is 5. The smallest absolute Gasteiger partial charge is 0.335 e. The normalized spacial score (nSPS) is 14.0. The highest BCUT2D eigenvalue weighted by atomic mass is 16.6. The van der Waals surface area contributed by atoms with Crippen molar-refractivity contribution in [1.82, 2.24) is 0 Å². The predicted octanol–water partition coefficient (Wildman–Crippen LogP) is 9.05. The zero-order valence-corrected chi connectivity index (χ0v) is 28.3. The van der Waals surface area contributed by atoms with E-state index in [0.29, 0.717) is 32.8 Å². The lowest BCUT2D eigenvalue weighted by Gasteiger charge is -2.22. The Morgan fingerprint density at radius 3 is 1.92 bits per heavy atom. The largest absolute Gasteiger partial charge is 0.491 e. The molecule has 0 saturated carbocycles. The van der Waals surface area contributed by atoms with Gasteiger partial charge in [0.15, 0.2) is 6.10 Å². The van der Waals surface area contributed by atoms with Crippen LogP contribution in [0.4, 0.5) is 0 Å². The predicted molar refractivity (Wildman–Crippen MR) is 196 cm³/mol. The van der Waals surface area contributed by atoms with Crippen molar-refractivity contribution in [3.8, 4) is 5.75 Å². The summed E-state index contributed by atoms with van der Waals surface area (Å²) in [4.78, 5) is 12.3. The van der Waals surface area contributed by atoms with E-state index in [9.17, 15) is 4.79 Å². The lowest BCUT2D eigenvalue weighted by Crippen LogP contribution is -2.28. The number of fused-ring (bicyclic) bond motifs is 2. The summed E-state index contributed by atoms with van der Waals surface area (Å²) < 4.78 is 23.6. The maximum absolute atomic E-state index is 12.3. The third-order valence-corrected chi connectivity index (χ3v) is 8.71. The molecule has 49 heavy (non-hydrogen) atoms. The maximum atomic E-state index is 12.3. The van der Waals surface area contributed by atoms with Crippen molar-refractivity contribution in [2.24, 2.45) is 0 Å². The van der Waals surface area contributed by atoms with Crippen LogP contribution in [-0.2, 0) is 38.3 Å². The summed E-state index contributed by atoms with van der Waals surface area (Å²) in [5.41, 5.74) is 10.7. The lowest BCUT2D eigenvalue weighted by atomic mass is 9.92. The molecule has 1 aliphatic rings. The Hall–Kier alpha value is -4.97. The van der Waals surface area contributed by atoms with Crippen LogP contribution in [0, 0.1) is 0 Å². The van der Waals surface area contributed by atoms with Crippen LogP contribution in [0.3, 0.4) is 0 Å². The molecule has 6 rings (SSSR count). The van der Waals surface area contributed by atoms with Crippen molar-refractivity contribution in [2.45, 2.75) is 45.3 Å². The molecule has 0 heterocycles. The molecule has 0 N–H and O–H groups in total. The van der Waals surface area contributed by atoms with Crippen molar-refractivity contribution in [1.29, 1.82) is 0 Å². The molecule has 5 nitrogen and oxygen atoms in total. The fourth-order valence-corrected chi connectivity index (χ4v) is 6.33. The Kier molecular flexibility index (Phi) is 11.7. The first-order chi connectivity index (χ1) is 24.1. The highest BCUT2D eigenvalue weighted by Gasteiger charge is 2.24. The average molecular weight is 653 g/mol. The fraction of sp³-hybridized carbons (Fsp3) is 0.250. The first-order valence-corrected chi connectivity index (χ1v) is 17.2. The molecule has 5 aromatic rings. The van der Waals surface area contributed by atoms with Gasteiger partial charge < -0.3 is 18.9 Å². The molecule has 0 fully saturated rings. The molecule has 2 atom stereocenters. The second-order valence-electron chi connectivity index (χ2n) is 12.2. The van der Waals surface area contributed by atoms with Crippen molar-refractivity contribution < 1.29 is 23.7 Å². The number of benzene rings is 5. The number of ether oxygens (including phenoxy) is 4. The number of hydrogen-bond donors (Lipinski definition) is 0. The quantitative estimate of drug-likeness (QED) is 0.0835. The molecular formula is C44H44O5. The van der Waals surface area contributed by atoms with Gasteiger partial charge in [-0.1, -0.05) is 121 Å². The summed E-state index contributed by atoms with van der Waals surface area (Å²) in [6.45, 7) is 5.26. The summed E-state index contributed by atoms with van der Waals surface area (Å²) in [6, 6.07) is 42.4. The van der Waals surface area contributed by atoms with E-state index in [1.54, 1.807) is 6.92 Å². The third-order valence-electron chi connectivity index (χ3n) is 8.71. The van der Waals surface area contributed by atoms with Crippen LogP contribution in [0.2, 0.25) is 0 Å². The summed E-state index contributed by atoms with van der Waals surface area (Å²) in [7, 11) is 0. The summed E-state index contributed by atoms with van der Waals surface area (Å²) in [5, 5.41) is 0. The van der Waals surface area contributed by atoms with E-state index in [1.165, 1.54) is 27.8 Å². The van der Waals surface area contributed by atoms with Crippen LogP contribution in [0.1, 0.15) is 70.0 Å². The van der Waals surface area contributed by atoms with Crippen LogP contribution < -0.4 is 4.74 Å². The van der Waals surface area contributed by atoms with Crippen LogP contribution in [0.15, 0.2) is 121 Å². The fourth-order valence-electron chi connectivity index (χ4n) is 6.33. The Morgan fingerprint density at radius 1 is 0.612 bits per heavy atom. The first-order valence-electron chi connectivity index (χ1n) is 17.2. The molecule has 5 heteroatoms. The zero-order valence-electron chi connectivity index (χ0n) is 28.3. The Bertz CT molecular complexity index is 1830. The second-order valence-corrected chi connectivity index (χ2v) is 12.2. The molecule has 0 spiro atoms. The van der Waals surface area contributed by atoms with E-state index in [2.05, 4.69) is 109 Å². The minimum Gasteiger partial charge on any atom is -0.491 e. The van der Waals surface area contributed by atoms with Gasteiger partial charge in [0.05, 0.1) is 13.2 Å². The number of esters is 1. The maximum Gasteiger partial charge on any atom is 0.335 e. The number of carbonyl (C=O) groups is 1. The van der Waals surface area contributed by atoms with E-state index in [4.69, 9.17) is 18.9 Å². The Balaban J connectivity index is 1.17. The van der Waals surface area contributed by atoms with E-state index < -0.39 is 6.10 Å². The monoisotopic (exact) mass is 652 g/mol. The molecular weight excluding hydrogens is 608 g/mol. The number of carbonyl (C=O) groups excluding carboxylic acids is 1. The molecule has 0 amide bonds. The molecule has 1 aliphatic carbocycles.